The summed E-state index contributed by atoms with van der Waals surface area (Å²) in [6, 6.07) is 15.6. The summed E-state index contributed by atoms with van der Waals surface area (Å²) in [6.45, 7) is 0.123. The Kier molecular flexibility index (Phi) is 6.23. The summed E-state index contributed by atoms with van der Waals surface area (Å²) in [6.07, 6.45) is 1.77. The van der Waals surface area contributed by atoms with Crippen molar-refractivity contribution in [3.8, 4) is 0 Å². The van der Waals surface area contributed by atoms with Gasteiger partial charge in [-0.1, -0.05) is 66.4 Å². The summed E-state index contributed by atoms with van der Waals surface area (Å²) >= 11 is 6.46. The Morgan fingerprint density at radius 3 is 2.50 bits per heavy atom. The van der Waals surface area contributed by atoms with E-state index in [0.717, 1.165) is 5.56 Å². The number of carbonyl (C=O) groups excluding carboxylic acids is 2. The Hall–Kier alpha value is -2.97. The molecule has 2 aromatic carbocycles. The lowest BCUT2D eigenvalue weighted by Crippen LogP contribution is -2.31. The molecule has 142 valence electrons. The van der Waals surface area contributed by atoms with Gasteiger partial charge in [0.25, 0.3) is 5.91 Å². The van der Waals surface area contributed by atoms with Crippen molar-refractivity contribution in [1.29, 1.82) is 0 Å². The average Bonchev–Trinajstić information content (AvgIpc) is 2.94. The maximum absolute atomic E-state index is 12.6. The number of hydrogen-bond acceptors (Lipinski definition) is 5. The number of hydrogen-bond donors (Lipinski definition) is 2. The molecule has 0 saturated carbocycles. The first-order valence-corrected chi connectivity index (χ1v) is 9.61. The van der Waals surface area contributed by atoms with E-state index in [4.69, 9.17) is 12.2 Å². The van der Waals surface area contributed by atoms with E-state index >= 15 is 0 Å². The molecule has 1 heterocycles. The van der Waals surface area contributed by atoms with E-state index in [0.29, 0.717) is 9.23 Å². The van der Waals surface area contributed by atoms with Gasteiger partial charge in [-0.2, -0.15) is 0 Å². The van der Waals surface area contributed by atoms with Crippen molar-refractivity contribution in [2.24, 2.45) is 0 Å². The number of thiocarbonyl (C=S) groups is 1. The van der Waals surface area contributed by atoms with Crippen LogP contribution in [0.4, 0.5) is 5.69 Å². The van der Waals surface area contributed by atoms with Crippen LogP contribution >= 0.6 is 24.0 Å². The van der Waals surface area contributed by atoms with E-state index in [1.54, 1.807) is 18.2 Å². The molecule has 2 aromatic rings. The molecule has 0 radical (unpaired) electrons. The van der Waals surface area contributed by atoms with Gasteiger partial charge in [0, 0.05) is 13.0 Å². The number of thioether (sulfide) groups is 1. The van der Waals surface area contributed by atoms with E-state index in [9.17, 15) is 19.5 Å². The quantitative estimate of drug-likeness (QED) is 0.557. The third-order valence-electron chi connectivity index (χ3n) is 3.96. The standard InChI is InChI=1S/C20H16N2O4S2/c23-17(21-15-9-5-4-8-14(15)19(25)26)10-11-22-18(24)16(28-20(22)27)12-13-6-2-1-3-7-13/h1-9,12H,10-11H2,(H,21,23)(H,25,26). The Morgan fingerprint density at radius 2 is 1.79 bits per heavy atom. The second-order valence-electron chi connectivity index (χ2n) is 5.89. The molecular weight excluding hydrogens is 396 g/mol. The fraction of sp³-hybridized carbons (Fsp3) is 0.100. The van der Waals surface area contributed by atoms with Gasteiger partial charge in [-0.05, 0) is 23.8 Å². The zero-order valence-corrected chi connectivity index (χ0v) is 16.3. The van der Waals surface area contributed by atoms with Gasteiger partial charge in [-0.15, -0.1) is 0 Å². The molecule has 0 atom stereocenters. The zero-order valence-electron chi connectivity index (χ0n) is 14.6. The molecule has 0 aliphatic carbocycles. The highest BCUT2D eigenvalue weighted by Crippen LogP contribution is 2.32. The minimum atomic E-state index is -1.13. The van der Waals surface area contributed by atoms with E-state index in [1.807, 2.05) is 30.3 Å². The molecule has 2 N–H and O–H groups in total. The second-order valence-corrected chi connectivity index (χ2v) is 7.57. The van der Waals surface area contributed by atoms with Gasteiger partial charge in [0.1, 0.15) is 4.32 Å². The maximum Gasteiger partial charge on any atom is 0.337 e. The number of benzene rings is 2. The average molecular weight is 412 g/mol. The van der Waals surface area contributed by atoms with Crippen LogP contribution in [0.2, 0.25) is 0 Å². The van der Waals surface area contributed by atoms with Crippen LogP contribution in [0.15, 0.2) is 59.5 Å². The number of nitrogens with one attached hydrogen (secondary N) is 1. The first-order valence-electron chi connectivity index (χ1n) is 8.38. The molecule has 6 nitrogen and oxygen atoms in total. The predicted molar refractivity (Wildman–Crippen MR) is 113 cm³/mol. The van der Waals surface area contributed by atoms with Crippen LogP contribution in [0.3, 0.4) is 0 Å². The van der Waals surface area contributed by atoms with Crippen molar-refractivity contribution >= 4 is 57.8 Å². The summed E-state index contributed by atoms with van der Waals surface area (Å²) in [7, 11) is 0. The van der Waals surface area contributed by atoms with Gasteiger partial charge in [0.15, 0.2) is 0 Å². The molecule has 3 rings (SSSR count). The molecule has 1 fully saturated rings. The number of carboxylic acid groups (broad SMARTS) is 1. The van der Waals surface area contributed by atoms with Crippen LogP contribution in [0, 0.1) is 0 Å². The first kappa shape index (κ1) is 19.8. The van der Waals surface area contributed by atoms with E-state index in [2.05, 4.69) is 5.32 Å². The van der Waals surface area contributed by atoms with Crippen molar-refractivity contribution in [3.05, 3.63) is 70.6 Å². The molecule has 1 saturated heterocycles. The lowest BCUT2D eigenvalue weighted by Gasteiger charge is -2.14. The minimum absolute atomic E-state index is 0.000982. The SMILES string of the molecule is O=C(CCN1C(=O)C(=Cc2ccccc2)SC1=S)Nc1ccccc1C(=O)O. The van der Waals surface area contributed by atoms with Gasteiger partial charge in [0.05, 0.1) is 16.2 Å². The summed E-state index contributed by atoms with van der Waals surface area (Å²) in [5.41, 5.74) is 1.12. The van der Waals surface area contributed by atoms with Crippen molar-refractivity contribution < 1.29 is 19.5 Å². The Balaban J connectivity index is 1.62. The number of para-hydroxylation sites is 1. The molecular formula is C20H16N2O4S2. The Morgan fingerprint density at radius 1 is 1.11 bits per heavy atom. The van der Waals surface area contributed by atoms with Gasteiger partial charge in [0.2, 0.25) is 5.91 Å². The fourth-order valence-electron chi connectivity index (χ4n) is 2.60. The van der Waals surface area contributed by atoms with Crippen LogP contribution in [-0.4, -0.2) is 38.7 Å². The van der Waals surface area contributed by atoms with Gasteiger partial charge >= 0.3 is 5.97 Å². The van der Waals surface area contributed by atoms with Crippen LogP contribution < -0.4 is 5.32 Å². The lowest BCUT2D eigenvalue weighted by atomic mass is 10.1. The molecule has 0 spiro atoms. The molecule has 0 unspecified atom stereocenters. The Labute approximate surface area is 171 Å². The number of amides is 2. The van der Waals surface area contributed by atoms with Crippen LogP contribution in [0.1, 0.15) is 22.3 Å². The van der Waals surface area contributed by atoms with Gasteiger partial charge < -0.3 is 10.4 Å². The fourth-order valence-corrected chi connectivity index (χ4v) is 3.91. The summed E-state index contributed by atoms with van der Waals surface area (Å²) in [4.78, 5) is 37.9. The van der Waals surface area contributed by atoms with Crippen molar-refractivity contribution in [3.63, 3.8) is 0 Å². The monoisotopic (exact) mass is 412 g/mol. The number of anilines is 1. The molecule has 2 amide bonds. The summed E-state index contributed by atoms with van der Waals surface area (Å²) in [5.74, 6) is -1.76. The normalized spacial score (nSPS) is 15.1. The zero-order chi connectivity index (χ0) is 20.1. The number of nitrogens with zero attached hydrogens (tertiary/aromatic N) is 1. The van der Waals surface area contributed by atoms with E-state index in [1.165, 1.54) is 28.8 Å². The van der Waals surface area contributed by atoms with Crippen molar-refractivity contribution in [2.75, 3.05) is 11.9 Å². The van der Waals surface area contributed by atoms with Crippen LogP contribution in [0.5, 0.6) is 0 Å². The molecule has 28 heavy (non-hydrogen) atoms. The van der Waals surface area contributed by atoms with Crippen LogP contribution in [-0.2, 0) is 9.59 Å². The van der Waals surface area contributed by atoms with Crippen molar-refractivity contribution in [2.45, 2.75) is 6.42 Å². The topological polar surface area (TPSA) is 86.7 Å². The first-order chi connectivity index (χ1) is 13.5. The summed E-state index contributed by atoms with van der Waals surface area (Å²) in [5, 5.41) is 11.7. The third kappa shape index (κ3) is 4.65. The summed E-state index contributed by atoms with van der Waals surface area (Å²) < 4.78 is 0.394. The van der Waals surface area contributed by atoms with E-state index < -0.39 is 11.9 Å². The number of carbonyl (C=O) groups is 3. The molecule has 1 aliphatic rings. The van der Waals surface area contributed by atoms with Gasteiger partial charge in [-0.3, -0.25) is 14.5 Å². The molecule has 0 aromatic heterocycles. The lowest BCUT2D eigenvalue weighted by molar-refractivity contribution is -0.122. The minimum Gasteiger partial charge on any atom is -0.478 e. The number of rotatable bonds is 6. The predicted octanol–water partition coefficient (Wildman–Crippen LogP) is 3.61. The Bertz CT molecular complexity index is 973. The smallest absolute Gasteiger partial charge is 0.337 e. The number of carboxylic acids is 1. The maximum atomic E-state index is 12.6. The molecule has 0 bridgehead atoms. The largest absolute Gasteiger partial charge is 0.478 e. The second kappa shape index (κ2) is 8.81. The highest BCUT2D eigenvalue weighted by Gasteiger charge is 2.32. The van der Waals surface area contributed by atoms with Crippen molar-refractivity contribution in [1.82, 2.24) is 4.90 Å². The number of aromatic carboxylic acids is 1. The van der Waals surface area contributed by atoms with Gasteiger partial charge in [-0.25, -0.2) is 4.79 Å². The molecule has 8 heteroatoms. The van der Waals surface area contributed by atoms with Crippen LogP contribution in [0.25, 0.3) is 6.08 Å². The third-order valence-corrected chi connectivity index (χ3v) is 5.34. The highest BCUT2D eigenvalue weighted by atomic mass is 32.2. The molecule has 1 aliphatic heterocycles. The van der Waals surface area contributed by atoms with E-state index in [-0.39, 0.29) is 30.1 Å². The highest BCUT2D eigenvalue weighted by molar-refractivity contribution is 8.26.